The molecule has 2 heterocycles. The fourth-order valence-electron chi connectivity index (χ4n) is 2.74. The summed E-state index contributed by atoms with van der Waals surface area (Å²) in [4.78, 5) is 8.96. The average molecular weight is 389 g/mol. The Balaban J connectivity index is 1.87. The van der Waals surface area contributed by atoms with Crippen molar-refractivity contribution in [1.82, 2.24) is 25.4 Å². The summed E-state index contributed by atoms with van der Waals surface area (Å²) in [5, 5.41) is 11.1. The first-order chi connectivity index (χ1) is 13.6. The van der Waals surface area contributed by atoms with Crippen LogP contribution in [-0.4, -0.2) is 54.1 Å². The van der Waals surface area contributed by atoms with Crippen LogP contribution in [0.4, 0.5) is 0 Å². The van der Waals surface area contributed by atoms with E-state index in [2.05, 4.69) is 45.6 Å². The summed E-state index contributed by atoms with van der Waals surface area (Å²) in [7, 11) is 1.65. The number of nitrogens with one attached hydrogen (secondary N) is 2. The molecule has 0 radical (unpaired) electrons. The summed E-state index contributed by atoms with van der Waals surface area (Å²) in [6.07, 6.45) is 2.68. The predicted octanol–water partition coefficient (Wildman–Crippen LogP) is 2.07. The number of ether oxygens (including phenoxy) is 2. The van der Waals surface area contributed by atoms with Crippen LogP contribution in [0.15, 0.2) is 29.4 Å². The lowest BCUT2D eigenvalue weighted by Gasteiger charge is -2.13. The lowest BCUT2D eigenvalue weighted by Crippen LogP contribution is -2.38. The monoisotopic (exact) mass is 388 g/mol. The lowest BCUT2D eigenvalue weighted by atomic mass is 10.3. The molecule has 0 atom stereocenters. The van der Waals surface area contributed by atoms with Gasteiger partial charge in [-0.25, -0.2) is 9.98 Å². The van der Waals surface area contributed by atoms with E-state index in [0.717, 1.165) is 43.3 Å². The largest absolute Gasteiger partial charge is 0.475 e. The van der Waals surface area contributed by atoms with Crippen molar-refractivity contribution in [3.8, 4) is 5.88 Å². The Labute approximate surface area is 167 Å². The molecule has 8 heteroatoms. The predicted molar refractivity (Wildman–Crippen MR) is 111 cm³/mol. The number of pyridine rings is 1. The van der Waals surface area contributed by atoms with Gasteiger partial charge in [0.15, 0.2) is 5.96 Å². The summed E-state index contributed by atoms with van der Waals surface area (Å²) < 4.78 is 12.7. The summed E-state index contributed by atoms with van der Waals surface area (Å²) in [6, 6.07) is 5.97. The van der Waals surface area contributed by atoms with E-state index in [9.17, 15) is 0 Å². The van der Waals surface area contributed by atoms with Crippen molar-refractivity contribution in [1.29, 1.82) is 0 Å². The number of nitrogens with zero attached hydrogens (tertiary/aromatic N) is 4. The zero-order chi connectivity index (χ0) is 20.2. The highest BCUT2D eigenvalue weighted by atomic mass is 16.5. The van der Waals surface area contributed by atoms with Gasteiger partial charge < -0.3 is 20.1 Å². The molecular formula is C20H32N6O2. The highest BCUT2D eigenvalue weighted by Crippen LogP contribution is 2.15. The molecule has 0 bridgehead atoms. The molecule has 0 amide bonds. The third-order valence-corrected chi connectivity index (χ3v) is 4.07. The zero-order valence-corrected chi connectivity index (χ0v) is 17.4. The number of hydrogen-bond donors (Lipinski definition) is 2. The molecule has 0 saturated carbocycles. The summed E-state index contributed by atoms with van der Waals surface area (Å²) in [6.45, 7) is 10.1. The molecule has 2 N–H and O–H groups in total. The van der Waals surface area contributed by atoms with Crippen molar-refractivity contribution < 1.29 is 9.47 Å². The molecule has 0 unspecified atom stereocenters. The molecule has 8 nitrogen and oxygen atoms in total. The van der Waals surface area contributed by atoms with E-state index in [0.29, 0.717) is 25.6 Å². The van der Waals surface area contributed by atoms with Crippen molar-refractivity contribution in [2.75, 3.05) is 33.4 Å². The molecule has 2 rings (SSSR count). The van der Waals surface area contributed by atoms with Gasteiger partial charge in [-0.2, -0.15) is 5.10 Å². The van der Waals surface area contributed by atoms with Gasteiger partial charge in [0.1, 0.15) is 6.61 Å². The van der Waals surface area contributed by atoms with Crippen LogP contribution in [0, 0.1) is 13.8 Å². The van der Waals surface area contributed by atoms with Gasteiger partial charge in [-0.1, -0.05) is 6.07 Å². The first-order valence-electron chi connectivity index (χ1n) is 9.73. The molecule has 2 aromatic rings. The van der Waals surface area contributed by atoms with Crippen LogP contribution in [0.5, 0.6) is 5.88 Å². The quantitative estimate of drug-likeness (QED) is 0.348. The summed E-state index contributed by atoms with van der Waals surface area (Å²) in [5.41, 5.74) is 3.19. The highest BCUT2D eigenvalue weighted by molar-refractivity contribution is 5.79. The van der Waals surface area contributed by atoms with Gasteiger partial charge in [-0.05, 0) is 39.3 Å². The second kappa shape index (κ2) is 12.0. The minimum Gasteiger partial charge on any atom is -0.475 e. The Morgan fingerprint density at radius 1 is 1.25 bits per heavy atom. The number of aryl methyl sites for hydroxylation is 3. The van der Waals surface area contributed by atoms with E-state index in [1.807, 2.05) is 23.7 Å². The first kappa shape index (κ1) is 21.7. The van der Waals surface area contributed by atoms with Gasteiger partial charge in [0.05, 0.1) is 18.8 Å². The van der Waals surface area contributed by atoms with Crippen LogP contribution in [0.3, 0.4) is 0 Å². The molecule has 0 aliphatic carbocycles. The van der Waals surface area contributed by atoms with E-state index in [4.69, 9.17) is 9.47 Å². The van der Waals surface area contributed by atoms with Crippen LogP contribution in [0.25, 0.3) is 0 Å². The Morgan fingerprint density at radius 2 is 2.11 bits per heavy atom. The van der Waals surface area contributed by atoms with Gasteiger partial charge in [-0.15, -0.1) is 0 Å². The second-order valence-electron chi connectivity index (χ2n) is 6.43. The van der Waals surface area contributed by atoms with Crippen molar-refractivity contribution in [3.63, 3.8) is 0 Å². The van der Waals surface area contributed by atoms with Crippen molar-refractivity contribution in [3.05, 3.63) is 41.3 Å². The molecule has 0 aliphatic heterocycles. The molecule has 0 aliphatic rings. The van der Waals surface area contributed by atoms with Crippen LogP contribution in [0.1, 0.15) is 30.3 Å². The van der Waals surface area contributed by atoms with Crippen LogP contribution in [0.2, 0.25) is 0 Å². The normalized spacial score (nSPS) is 11.5. The Bertz CT molecular complexity index is 744. The van der Waals surface area contributed by atoms with E-state index >= 15 is 0 Å². The third kappa shape index (κ3) is 7.19. The SMILES string of the molecule is CCNC(=NCc1cccnc1OCCOC)NCCCn1nc(C)cc1C. The number of hydrogen-bond acceptors (Lipinski definition) is 5. The number of guanidine groups is 1. The topological polar surface area (TPSA) is 85.6 Å². The number of rotatable bonds is 11. The Hall–Kier alpha value is -2.61. The molecule has 2 aromatic heterocycles. The lowest BCUT2D eigenvalue weighted by molar-refractivity contribution is 0.143. The van der Waals surface area contributed by atoms with Crippen molar-refractivity contribution in [2.24, 2.45) is 4.99 Å². The standard InChI is InChI=1S/C20H32N6O2/c1-5-21-20(23-10-7-11-26-17(3)14-16(2)25-26)24-15-18-8-6-9-22-19(18)28-13-12-27-4/h6,8-9,14H,5,7,10-13,15H2,1-4H3,(H2,21,23,24). The summed E-state index contributed by atoms with van der Waals surface area (Å²) >= 11 is 0. The van der Waals surface area contributed by atoms with E-state index < -0.39 is 0 Å². The number of aromatic nitrogens is 3. The Morgan fingerprint density at radius 3 is 2.82 bits per heavy atom. The maximum absolute atomic E-state index is 5.67. The number of methoxy groups -OCH3 is 1. The summed E-state index contributed by atoms with van der Waals surface area (Å²) in [5.74, 6) is 1.38. The van der Waals surface area contributed by atoms with Gasteiger partial charge in [0.2, 0.25) is 5.88 Å². The van der Waals surface area contributed by atoms with Gasteiger partial charge >= 0.3 is 0 Å². The van der Waals surface area contributed by atoms with Crippen LogP contribution in [-0.2, 0) is 17.8 Å². The Kier molecular flexibility index (Phi) is 9.27. The molecule has 28 heavy (non-hydrogen) atoms. The minimum atomic E-state index is 0.467. The van der Waals surface area contributed by atoms with Gasteiger partial charge in [-0.3, -0.25) is 4.68 Å². The third-order valence-electron chi connectivity index (χ3n) is 4.07. The van der Waals surface area contributed by atoms with Crippen molar-refractivity contribution >= 4 is 5.96 Å². The van der Waals surface area contributed by atoms with Gasteiger partial charge in [0.25, 0.3) is 0 Å². The highest BCUT2D eigenvalue weighted by Gasteiger charge is 2.06. The van der Waals surface area contributed by atoms with E-state index in [1.165, 1.54) is 5.69 Å². The van der Waals surface area contributed by atoms with E-state index in [1.54, 1.807) is 13.3 Å². The molecular weight excluding hydrogens is 356 g/mol. The van der Waals surface area contributed by atoms with Crippen LogP contribution >= 0.6 is 0 Å². The van der Waals surface area contributed by atoms with E-state index in [-0.39, 0.29) is 0 Å². The molecule has 154 valence electrons. The smallest absolute Gasteiger partial charge is 0.218 e. The van der Waals surface area contributed by atoms with Gasteiger partial charge in [0, 0.05) is 44.2 Å². The molecule has 0 aromatic carbocycles. The molecule has 0 fully saturated rings. The zero-order valence-electron chi connectivity index (χ0n) is 17.4. The molecule has 0 saturated heterocycles. The minimum absolute atomic E-state index is 0.467. The fraction of sp³-hybridized carbons (Fsp3) is 0.550. The fourth-order valence-corrected chi connectivity index (χ4v) is 2.74. The average Bonchev–Trinajstić information content (AvgIpc) is 3.01. The second-order valence-corrected chi connectivity index (χ2v) is 6.43. The van der Waals surface area contributed by atoms with Crippen molar-refractivity contribution in [2.45, 2.75) is 40.3 Å². The molecule has 0 spiro atoms. The maximum Gasteiger partial charge on any atom is 0.218 e. The first-order valence-corrected chi connectivity index (χ1v) is 9.73. The number of aliphatic imine (C=N–C) groups is 1. The maximum atomic E-state index is 5.67. The van der Waals surface area contributed by atoms with Crippen LogP contribution < -0.4 is 15.4 Å².